The lowest BCUT2D eigenvalue weighted by molar-refractivity contribution is -0.182. The molecule has 1 saturated carbocycles. The largest absolute Gasteiger partial charge is 0.480 e. The summed E-state index contributed by atoms with van der Waals surface area (Å²) in [4.78, 5) is 25.1. The van der Waals surface area contributed by atoms with Gasteiger partial charge in [0.15, 0.2) is 5.41 Å². The summed E-state index contributed by atoms with van der Waals surface area (Å²) in [5, 5.41) is 9.96. The van der Waals surface area contributed by atoms with Crippen molar-refractivity contribution in [1.29, 1.82) is 0 Å². The summed E-state index contributed by atoms with van der Waals surface area (Å²) in [5.41, 5.74) is -1.98. The molecule has 0 aromatic rings. The van der Waals surface area contributed by atoms with Crippen LogP contribution >= 0.6 is 0 Å². The van der Waals surface area contributed by atoms with Gasteiger partial charge in [-0.25, -0.2) is 0 Å². The molecule has 1 fully saturated rings. The molecule has 0 aliphatic heterocycles. The summed E-state index contributed by atoms with van der Waals surface area (Å²) < 4.78 is 5.71. The van der Waals surface area contributed by atoms with Crippen molar-refractivity contribution < 1.29 is 19.4 Å². The van der Waals surface area contributed by atoms with Gasteiger partial charge in [0.25, 0.3) is 0 Å². The van der Waals surface area contributed by atoms with Crippen LogP contribution in [0.3, 0.4) is 0 Å². The molecule has 1 N–H and O–H groups in total. The van der Waals surface area contributed by atoms with Crippen LogP contribution < -0.4 is 0 Å². The van der Waals surface area contributed by atoms with E-state index in [4.69, 9.17) is 4.74 Å². The molecule has 0 radical (unpaired) electrons. The Morgan fingerprint density at radius 2 is 1.87 bits per heavy atom. The fourth-order valence-corrected chi connectivity index (χ4v) is 4.32. The molecule has 3 atom stereocenters. The standard InChI is InChI=1S/C19H34O4/c1-7-9-15-14(13(3)4)10-12-19(15,16(20)21)17(22)23-18(5,6)11-8-2/h13-15H,7-12H2,1-6H3,(H,20,21). The van der Waals surface area contributed by atoms with E-state index < -0.39 is 23.0 Å². The van der Waals surface area contributed by atoms with E-state index in [1.807, 2.05) is 20.8 Å². The van der Waals surface area contributed by atoms with Crippen molar-refractivity contribution in [2.45, 2.75) is 85.7 Å². The first-order valence-corrected chi connectivity index (χ1v) is 9.09. The van der Waals surface area contributed by atoms with Crippen molar-refractivity contribution in [3.8, 4) is 0 Å². The van der Waals surface area contributed by atoms with E-state index in [1.54, 1.807) is 0 Å². The van der Waals surface area contributed by atoms with E-state index in [0.717, 1.165) is 32.1 Å². The van der Waals surface area contributed by atoms with Gasteiger partial charge >= 0.3 is 11.9 Å². The molecule has 134 valence electrons. The number of esters is 1. The zero-order chi connectivity index (χ0) is 17.8. The molecule has 1 rings (SSSR count). The van der Waals surface area contributed by atoms with Gasteiger partial charge in [-0.05, 0) is 57.3 Å². The van der Waals surface area contributed by atoms with E-state index in [9.17, 15) is 14.7 Å². The number of carboxylic acid groups (broad SMARTS) is 1. The van der Waals surface area contributed by atoms with E-state index in [2.05, 4.69) is 20.8 Å². The number of carboxylic acids is 1. The fourth-order valence-electron chi connectivity index (χ4n) is 4.32. The van der Waals surface area contributed by atoms with Gasteiger partial charge in [-0.1, -0.05) is 40.5 Å². The number of carbonyl (C=O) groups is 2. The summed E-state index contributed by atoms with van der Waals surface area (Å²) >= 11 is 0. The van der Waals surface area contributed by atoms with E-state index in [-0.39, 0.29) is 11.8 Å². The van der Waals surface area contributed by atoms with Gasteiger partial charge < -0.3 is 9.84 Å². The second kappa shape index (κ2) is 7.67. The minimum atomic E-state index is -1.37. The maximum Gasteiger partial charge on any atom is 0.324 e. The molecule has 4 nitrogen and oxygen atoms in total. The van der Waals surface area contributed by atoms with Crippen LogP contribution in [-0.4, -0.2) is 22.6 Å². The first-order chi connectivity index (χ1) is 10.6. The average Bonchev–Trinajstić information content (AvgIpc) is 2.79. The molecule has 0 aromatic heterocycles. The minimum absolute atomic E-state index is 0.130. The number of rotatable bonds is 8. The Labute approximate surface area is 141 Å². The average molecular weight is 326 g/mol. The van der Waals surface area contributed by atoms with Gasteiger partial charge in [0.1, 0.15) is 5.60 Å². The third kappa shape index (κ3) is 4.07. The highest BCUT2D eigenvalue weighted by atomic mass is 16.6. The third-order valence-corrected chi connectivity index (χ3v) is 5.44. The van der Waals surface area contributed by atoms with Crippen LogP contribution in [0, 0.1) is 23.2 Å². The lowest BCUT2D eigenvalue weighted by Crippen LogP contribution is -2.48. The van der Waals surface area contributed by atoms with E-state index in [0.29, 0.717) is 12.3 Å². The molecular formula is C19H34O4. The zero-order valence-electron chi connectivity index (χ0n) is 15.6. The number of hydrogen-bond acceptors (Lipinski definition) is 3. The quantitative estimate of drug-likeness (QED) is 0.520. The Hall–Kier alpha value is -1.06. The summed E-state index contributed by atoms with van der Waals surface area (Å²) in [6.07, 6.45) is 4.47. The molecule has 4 heteroatoms. The number of ether oxygens (including phenoxy) is 1. The van der Waals surface area contributed by atoms with Gasteiger partial charge in [-0.15, -0.1) is 0 Å². The molecule has 1 aliphatic carbocycles. The Morgan fingerprint density at radius 3 is 2.30 bits per heavy atom. The van der Waals surface area contributed by atoms with Gasteiger partial charge in [0.2, 0.25) is 0 Å². The lowest BCUT2D eigenvalue weighted by Gasteiger charge is -2.36. The maximum atomic E-state index is 12.9. The van der Waals surface area contributed by atoms with Crippen molar-refractivity contribution in [1.82, 2.24) is 0 Å². The summed E-state index contributed by atoms with van der Waals surface area (Å²) in [7, 11) is 0. The second-order valence-electron chi connectivity index (χ2n) is 8.02. The van der Waals surface area contributed by atoms with Crippen LogP contribution in [-0.2, 0) is 14.3 Å². The normalized spacial score (nSPS) is 28.1. The van der Waals surface area contributed by atoms with Crippen molar-refractivity contribution in [2.75, 3.05) is 0 Å². The molecule has 1 aliphatic rings. The van der Waals surface area contributed by atoms with Crippen LogP contribution in [0.1, 0.15) is 80.1 Å². The van der Waals surface area contributed by atoms with Crippen LogP contribution in [0.5, 0.6) is 0 Å². The molecular weight excluding hydrogens is 292 g/mol. The topological polar surface area (TPSA) is 63.6 Å². The Bertz CT molecular complexity index is 427. The van der Waals surface area contributed by atoms with Crippen molar-refractivity contribution in [2.24, 2.45) is 23.2 Å². The van der Waals surface area contributed by atoms with Gasteiger partial charge in [-0.2, -0.15) is 0 Å². The summed E-state index contributed by atoms with van der Waals surface area (Å²) in [6.45, 7) is 12.1. The smallest absolute Gasteiger partial charge is 0.324 e. The van der Waals surface area contributed by atoms with Crippen LogP contribution in [0.25, 0.3) is 0 Å². The molecule has 0 saturated heterocycles. The Kier molecular flexibility index (Phi) is 6.67. The summed E-state index contributed by atoms with van der Waals surface area (Å²) in [6, 6.07) is 0. The van der Waals surface area contributed by atoms with Gasteiger partial charge in [0.05, 0.1) is 0 Å². The van der Waals surface area contributed by atoms with E-state index >= 15 is 0 Å². The molecule has 0 aromatic carbocycles. The summed E-state index contributed by atoms with van der Waals surface area (Å²) in [5.74, 6) is -1.01. The molecule has 23 heavy (non-hydrogen) atoms. The number of carbonyl (C=O) groups excluding carboxylic acids is 1. The molecule has 0 heterocycles. The van der Waals surface area contributed by atoms with Crippen LogP contribution in [0.15, 0.2) is 0 Å². The zero-order valence-corrected chi connectivity index (χ0v) is 15.6. The third-order valence-electron chi connectivity index (χ3n) is 5.44. The van der Waals surface area contributed by atoms with E-state index in [1.165, 1.54) is 0 Å². The van der Waals surface area contributed by atoms with Crippen molar-refractivity contribution >= 4 is 11.9 Å². The number of hydrogen-bond donors (Lipinski definition) is 1. The van der Waals surface area contributed by atoms with Gasteiger partial charge in [0, 0.05) is 0 Å². The minimum Gasteiger partial charge on any atom is -0.480 e. The predicted molar refractivity (Wildman–Crippen MR) is 91.1 cm³/mol. The molecule has 0 spiro atoms. The Morgan fingerprint density at radius 1 is 1.26 bits per heavy atom. The predicted octanol–water partition coefficient (Wildman–Crippen LogP) is 4.66. The second-order valence-corrected chi connectivity index (χ2v) is 8.02. The number of aliphatic carboxylic acids is 1. The highest BCUT2D eigenvalue weighted by molar-refractivity contribution is 6.00. The maximum absolute atomic E-state index is 12.9. The fraction of sp³-hybridized carbons (Fsp3) is 0.895. The first-order valence-electron chi connectivity index (χ1n) is 9.09. The SMILES string of the molecule is CCCC1C(C(C)C)CCC1(C(=O)O)C(=O)OC(C)(C)CCC. The highest BCUT2D eigenvalue weighted by Crippen LogP contribution is 2.53. The first kappa shape index (κ1) is 20.0. The van der Waals surface area contributed by atoms with Crippen LogP contribution in [0.4, 0.5) is 0 Å². The lowest BCUT2D eigenvalue weighted by atomic mass is 9.70. The Balaban J connectivity index is 3.16. The van der Waals surface area contributed by atoms with Crippen molar-refractivity contribution in [3.63, 3.8) is 0 Å². The van der Waals surface area contributed by atoms with Gasteiger partial charge in [-0.3, -0.25) is 9.59 Å². The van der Waals surface area contributed by atoms with Crippen molar-refractivity contribution in [3.05, 3.63) is 0 Å². The monoisotopic (exact) mass is 326 g/mol. The molecule has 0 bridgehead atoms. The molecule has 3 unspecified atom stereocenters. The molecule has 0 amide bonds. The highest BCUT2D eigenvalue weighted by Gasteiger charge is 2.60. The van der Waals surface area contributed by atoms with Crippen LogP contribution in [0.2, 0.25) is 0 Å².